The number of carbonyl (C=O) groups excluding carboxylic acids is 1. The van der Waals surface area contributed by atoms with E-state index >= 15 is 0 Å². The van der Waals surface area contributed by atoms with E-state index in [9.17, 15) is 13.2 Å². The number of rotatable bonds is 9. The Labute approximate surface area is 138 Å². The fourth-order valence-corrected chi connectivity index (χ4v) is 2.96. The maximum atomic E-state index is 12.2. The van der Waals surface area contributed by atoms with Gasteiger partial charge in [-0.15, -0.1) is 6.58 Å². The van der Waals surface area contributed by atoms with Gasteiger partial charge >= 0.3 is 0 Å². The molecule has 0 saturated carbocycles. The molecule has 1 amide bonds. The molecule has 0 radical (unpaired) electrons. The average Bonchev–Trinajstić information content (AvgIpc) is 2.57. The Morgan fingerprint density at radius 1 is 1.35 bits per heavy atom. The first-order valence-corrected chi connectivity index (χ1v) is 9.04. The molecule has 0 bridgehead atoms. The molecule has 6 nitrogen and oxygen atoms in total. The van der Waals surface area contributed by atoms with Crippen molar-refractivity contribution in [1.29, 1.82) is 0 Å². The van der Waals surface area contributed by atoms with Crippen LogP contribution in [-0.4, -0.2) is 33.0 Å². The van der Waals surface area contributed by atoms with Crippen LogP contribution in [0.3, 0.4) is 0 Å². The number of benzene rings is 1. The number of hydrogen-bond donors (Lipinski definition) is 3. The average molecular weight is 339 g/mol. The van der Waals surface area contributed by atoms with Crippen LogP contribution in [0.1, 0.15) is 37.0 Å². The van der Waals surface area contributed by atoms with Gasteiger partial charge in [0.1, 0.15) is 0 Å². The highest BCUT2D eigenvalue weighted by molar-refractivity contribution is 7.89. The van der Waals surface area contributed by atoms with Crippen molar-refractivity contribution in [2.75, 3.05) is 13.1 Å². The molecule has 0 aliphatic rings. The fourth-order valence-electron chi connectivity index (χ4n) is 1.91. The van der Waals surface area contributed by atoms with Crippen LogP contribution in [0.2, 0.25) is 0 Å². The number of carbonyl (C=O) groups is 1. The maximum absolute atomic E-state index is 12.2. The molecule has 0 aliphatic carbocycles. The summed E-state index contributed by atoms with van der Waals surface area (Å²) >= 11 is 0. The van der Waals surface area contributed by atoms with Gasteiger partial charge in [-0.05, 0) is 31.0 Å². The summed E-state index contributed by atoms with van der Waals surface area (Å²) in [6, 6.07) is 5.88. The molecule has 0 atom stereocenters. The Balaban J connectivity index is 2.88. The molecule has 1 aromatic carbocycles. The molecule has 1 rings (SSSR count). The van der Waals surface area contributed by atoms with Gasteiger partial charge in [-0.3, -0.25) is 4.79 Å². The van der Waals surface area contributed by atoms with Crippen molar-refractivity contribution in [2.45, 2.75) is 37.1 Å². The van der Waals surface area contributed by atoms with E-state index < -0.39 is 15.6 Å². The normalized spacial score (nSPS) is 12.0. The van der Waals surface area contributed by atoms with E-state index in [1.807, 2.05) is 13.8 Å². The Hall–Kier alpha value is -1.70. The lowest BCUT2D eigenvalue weighted by Crippen LogP contribution is -2.49. The smallest absolute Gasteiger partial charge is 0.251 e. The molecule has 1 aromatic rings. The Kier molecular flexibility index (Phi) is 6.93. The van der Waals surface area contributed by atoms with Crippen LogP contribution < -0.4 is 15.8 Å². The van der Waals surface area contributed by atoms with E-state index in [-0.39, 0.29) is 22.9 Å². The highest BCUT2D eigenvalue weighted by atomic mass is 32.2. The van der Waals surface area contributed by atoms with E-state index in [0.29, 0.717) is 6.54 Å². The first kappa shape index (κ1) is 19.3. The molecule has 0 unspecified atom stereocenters. The first-order valence-electron chi connectivity index (χ1n) is 7.55. The Morgan fingerprint density at radius 2 is 2.00 bits per heavy atom. The van der Waals surface area contributed by atoms with Crippen LogP contribution >= 0.6 is 0 Å². The third-order valence-corrected chi connectivity index (χ3v) is 5.25. The zero-order chi connectivity index (χ0) is 17.5. The third kappa shape index (κ3) is 5.46. The van der Waals surface area contributed by atoms with Crippen molar-refractivity contribution in [3.05, 3.63) is 42.5 Å². The van der Waals surface area contributed by atoms with Gasteiger partial charge in [0, 0.05) is 24.2 Å². The van der Waals surface area contributed by atoms with Crippen LogP contribution in [0.25, 0.3) is 0 Å². The minimum atomic E-state index is -3.66. The standard InChI is InChI=1S/C16H25N3O3S/c1-4-10-19-23(21,22)14-9-7-8-13(11-14)15(20)18-12-16(17,5-2)6-3/h4,7-9,11,19H,1,5-6,10,12,17H2,2-3H3,(H,18,20). The highest BCUT2D eigenvalue weighted by Crippen LogP contribution is 2.13. The van der Waals surface area contributed by atoms with Crippen molar-refractivity contribution in [2.24, 2.45) is 5.73 Å². The van der Waals surface area contributed by atoms with Crippen LogP contribution in [-0.2, 0) is 10.0 Å². The number of amides is 1. The van der Waals surface area contributed by atoms with Crippen molar-refractivity contribution in [3.63, 3.8) is 0 Å². The molecule has 7 heteroatoms. The Bertz CT molecular complexity index is 652. The van der Waals surface area contributed by atoms with Gasteiger partial charge in [-0.25, -0.2) is 13.1 Å². The van der Waals surface area contributed by atoms with Crippen molar-refractivity contribution < 1.29 is 13.2 Å². The monoisotopic (exact) mass is 339 g/mol. The number of nitrogens with one attached hydrogen (secondary N) is 2. The second-order valence-electron chi connectivity index (χ2n) is 5.42. The second kappa shape index (κ2) is 8.24. The lowest BCUT2D eigenvalue weighted by molar-refractivity contribution is 0.0942. The summed E-state index contributed by atoms with van der Waals surface area (Å²) in [5.74, 6) is -0.345. The molecule has 0 heterocycles. The fraction of sp³-hybridized carbons (Fsp3) is 0.438. The largest absolute Gasteiger partial charge is 0.350 e. The third-order valence-electron chi connectivity index (χ3n) is 3.83. The SMILES string of the molecule is C=CCNS(=O)(=O)c1cccc(C(=O)NCC(N)(CC)CC)c1. The van der Waals surface area contributed by atoms with E-state index in [1.165, 1.54) is 24.3 Å². The van der Waals surface area contributed by atoms with Gasteiger partial charge in [0.15, 0.2) is 0 Å². The summed E-state index contributed by atoms with van der Waals surface area (Å²) in [5.41, 5.74) is 5.97. The topological polar surface area (TPSA) is 101 Å². The van der Waals surface area contributed by atoms with Crippen LogP contribution in [0.15, 0.2) is 41.8 Å². The zero-order valence-corrected chi connectivity index (χ0v) is 14.4. The van der Waals surface area contributed by atoms with Gasteiger partial charge in [0.05, 0.1) is 4.90 Å². The molecule has 23 heavy (non-hydrogen) atoms. The zero-order valence-electron chi connectivity index (χ0n) is 13.6. The lowest BCUT2D eigenvalue weighted by Gasteiger charge is -2.26. The van der Waals surface area contributed by atoms with Gasteiger partial charge in [0.25, 0.3) is 5.91 Å². The summed E-state index contributed by atoms with van der Waals surface area (Å²) in [5, 5.41) is 2.77. The summed E-state index contributed by atoms with van der Waals surface area (Å²) in [7, 11) is -3.66. The minimum Gasteiger partial charge on any atom is -0.350 e. The molecule has 4 N–H and O–H groups in total. The summed E-state index contributed by atoms with van der Waals surface area (Å²) in [4.78, 5) is 12.3. The summed E-state index contributed by atoms with van der Waals surface area (Å²) < 4.78 is 26.5. The molecular weight excluding hydrogens is 314 g/mol. The van der Waals surface area contributed by atoms with Crippen LogP contribution in [0.4, 0.5) is 0 Å². The van der Waals surface area contributed by atoms with E-state index in [2.05, 4.69) is 16.6 Å². The van der Waals surface area contributed by atoms with Gasteiger partial charge in [0.2, 0.25) is 10.0 Å². The molecular formula is C16H25N3O3S. The molecule has 0 fully saturated rings. The molecule has 0 aliphatic heterocycles. The van der Waals surface area contributed by atoms with Gasteiger partial charge in [-0.1, -0.05) is 26.0 Å². The minimum absolute atomic E-state index is 0.0389. The van der Waals surface area contributed by atoms with Crippen molar-refractivity contribution in [3.8, 4) is 0 Å². The van der Waals surface area contributed by atoms with Gasteiger partial charge < -0.3 is 11.1 Å². The summed E-state index contributed by atoms with van der Waals surface area (Å²) in [6.45, 7) is 7.86. The predicted octanol–water partition coefficient (Wildman–Crippen LogP) is 1.40. The van der Waals surface area contributed by atoms with E-state index in [4.69, 9.17) is 5.73 Å². The maximum Gasteiger partial charge on any atom is 0.251 e. The number of sulfonamides is 1. The molecule has 0 aromatic heterocycles. The Morgan fingerprint density at radius 3 is 2.57 bits per heavy atom. The molecule has 0 saturated heterocycles. The number of nitrogens with two attached hydrogens (primary N) is 1. The first-order chi connectivity index (χ1) is 10.8. The predicted molar refractivity (Wildman–Crippen MR) is 91.7 cm³/mol. The van der Waals surface area contributed by atoms with E-state index in [0.717, 1.165) is 12.8 Å². The molecule has 128 valence electrons. The number of hydrogen-bond acceptors (Lipinski definition) is 4. The quantitative estimate of drug-likeness (QED) is 0.592. The van der Waals surface area contributed by atoms with Crippen molar-refractivity contribution >= 4 is 15.9 Å². The van der Waals surface area contributed by atoms with E-state index in [1.54, 1.807) is 6.07 Å². The van der Waals surface area contributed by atoms with Crippen molar-refractivity contribution in [1.82, 2.24) is 10.0 Å². The van der Waals surface area contributed by atoms with Gasteiger partial charge in [-0.2, -0.15) is 0 Å². The highest BCUT2D eigenvalue weighted by Gasteiger charge is 2.22. The van der Waals surface area contributed by atoms with Crippen LogP contribution in [0.5, 0.6) is 0 Å². The summed E-state index contributed by atoms with van der Waals surface area (Å²) in [6.07, 6.45) is 2.93. The second-order valence-corrected chi connectivity index (χ2v) is 7.19. The molecule has 0 spiro atoms. The van der Waals surface area contributed by atoms with Crippen LogP contribution in [0, 0.1) is 0 Å². The lowest BCUT2D eigenvalue weighted by atomic mass is 9.94.